The molecule has 6 heteroatoms. The first kappa shape index (κ1) is 42.2. The number of benzene rings is 4. The van der Waals surface area contributed by atoms with Crippen LogP contribution in [-0.4, -0.2) is 34.3 Å². The van der Waals surface area contributed by atoms with E-state index in [9.17, 15) is 8.42 Å². The molecule has 4 aromatic rings. The summed E-state index contributed by atoms with van der Waals surface area (Å²) in [6, 6.07) is 37.2. The van der Waals surface area contributed by atoms with Crippen LogP contribution in [0.4, 0.5) is 0 Å². The van der Waals surface area contributed by atoms with Crippen LogP contribution in [0.1, 0.15) is 119 Å². The average Bonchev–Trinajstić information content (AvgIpc) is 3.19. The van der Waals surface area contributed by atoms with Crippen LogP contribution in [0, 0.1) is 6.92 Å². The molecule has 0 saturated carbocycles. The van der Waals surface area contributed by atoms with Crippen molar-refractivity contribution >= 4 is 10.1 Å². The highest BCUT2D eigenvalue weighted by Gasteiger charge is 2.38. The molecule has 0 fully saturated rings. The number of allylic oxidation sites excluding steroid dienone is 2. The van der Waals surface area contributed by atoms with Crippen molar-refractivity contribution < 1.29 is 22.1 Å². The Morgan fingerprint density at radius 3 is 1.51 bits per heavy atom. The molecule has 4 rings (SSSR count). The normalized spacial score (nSPS) is 12.7. The van der Waals surface area contributed by atoms with Crippen LogP contribution >= 0.6 is 0 Å². The first-order valence-electron chi connectivity index (χ1n) is 20.0. The van der Waals surface area contributed by atoms with Crippen LogP contribution in [0.5, 0.6) is 0 Å². The van der Waals surface area contributed by atoms with Crippen molar-refractivity contribution in [2.75, 3.05) is 19.8 Å². The largest absolute Gasteiger partial charge is 0.373 e. The molecular weight excluding hydrogens is 677 g/mol. The van der Waals surface area contributed by atoms with Crippen molar-refractivity contribution in [1.82, 2.24) is 0 Å². The molecule has 0 heterocycles. The van der Waals surface area contributed by atoms with Gasteiger partial charge in [0.2, 0.25) is 0 Å². The smallest absolute Gasteiger partial charge is 0.297 e. The van der Waals surface area contributed by atoms with Gasteiger partial charge in [0.25, 0.3) is 10.1 Å². The Morgan fingerprint density at radius 1 is 0.566 bits per heavy atom. The Hall–Kier alpha value is -3.55. The van der Waals surface area contributed by atoms with E-state index in [-0.39, 0.29) is 18.1 Å². The third-order valence-electron chi connectivity index (χ3n) is 9.76. The highest BCUT2D eigenvalue weighted by Crippen LogP contribution is 2.40. The highest BCUT2D eigenvalue weighted by molar-refractivity contribution is 7.86. The summed E-state index contributed by atoms with van der Waals surface area (Å²) >= 11 is 0. The minimum Gasteiger partial charge on any atom is -0.373 e. The standard InChI is InChI=1S/C47H62O5S/c1-3-4-5-6-7-8-9-10-11-12-13-14-15-16-17-27-38-50-45(40-52-53(48,49)46-36-34-41(2)35-37-46)39-51-47(42-28-21-18-22-29-42,43-30-23-19-24-31-43)44-32-25-20-26-33-44/h10-11,18-26,28-37,45H,3-9,12-17,27,38-40H2,1-2H3. The third kappa shape index (κ3) is 14.3. The lowest BCUT2D eigenvalue weighted by molar-refractivity contribution is -0.0774. The van der Waals surface area contributed by atoms with Gasteiger partial charge in [-0.25, -0.2) is 0 Å². The van der Waals surface area contributed by atoms with Gasteiger partial charge in [0.1, 0.15) is 11.7 Å². The fourth-order valence-corrected chi connectivity index (χ4v) is 7.61. The lowest BCUT2D eigenvalue weighted by Crippen LogP contribution is -2.38. The van der Waals surface area contributed by atoms with E-state index in [0.717, 1.165) is 41.5 Å². The predicted molar refractivity (Wildman–Crippen MR) is 219 cm³/mol. The first-order chi connectivity index (χ1) is 26.0. The number of rotatable bonds is 27. The minimum absolute atomic E-state index is 0.120. The second kappa shape index (κ2) is 24.0. The first-order valence-corrected chi connectivity index (χ1v) is 21.4. The number of hydrogen-bond acceptors (Lipinski definition) is 5. The number of ether oxygens (including phenoxy) is 2. The number of hydrogen-bond donors (Lipinski definition) is 0. The molecule has 0 N–H and O–H groups in total. The molecule has 0 aliphatic carbocycles. The second-order valence-electron chi connectivity index (χ2n) is 14.1. The van der Waals surface area contributed by atoms with Gasteiger partial charge in [0.05, 0.1) is 18.1 Å². The van der Waals surface area contributed by atoms with Crippen LogP contribution in [0.2, 0.25) is 0 Å². The molecule has 0 spiro atoms. The molecule has 1 unspecified atom stereocenters. The summed E-state index contributed by atoms with van der Waals surface area (Å²) in [4.78, 5) is 0.128. The molecule has 4 aromatic carbocycles. The van der Waals surface area contributed by atoms with E-state index in [4.69, 9.17) is 13.7 Å². The maximum absolute atomic E-state index is 13.2. The van der Waals surface area contributed by atoms with Gasteiger partial charge in [-0.05, 0) is 67.9 Å². The summed E-state index contributed by atoms with van der Waals surface area (Å²) in [5.74, 6) is 0. The summed E-state index contributed by atoms with van der Waals surface area (Å²) in [5.41, 5.74) is 2.94. The van der Waals surface area contributed by atoms with E-state index in [0.29, 0.717) is 6.61 Å². The predicted octanol–water partition coefficient (Wildman–Crippen LogP) is 12.1. The minimum atomic E-state index is -3.98. The molecule has 0 bridgehead atoms. The van der Waals surface area contributed by atoms with Gasteiger partial charge in [-0.3, -0.25) is 4.18 Å². The maximum Gasteiger partial charge on any atom is 0.297 e. The van der Waals surface area contributed by atoms with E-state index < -0.39 is 21.8 Å². The maximum atomic E-state index is 13.2. The fourth-order valence-electron chi connectivity index (χ4n) is 6.67. The average molecular weight is 739 g/mol. The third-order valence-corrected chi connectivity index (χ3v) is 11.1. The van der Waals surface area contributed by atoms with Gasteiger partial charge in [-0.2, -0.15) is 8.42 Å². The second-order valence-corrected chi connectivity index (χ2v) is 15.7. The number of aryl methyl sites for hydroxylation is 1. The zero-order valence-electron chi connectivity index (χ0n) is 32.2. The Bertz CT molecular complexity index is 1560. The van der Waals surface area contributed by atoms with Crippen LogP contribution in [0.25, 0.3) is 0 Å². The molecule has 5 nitrogen and oxygen atoms in total. The molecule has 286 valence electrons. The van der Waals surface area contributed by atoms with Crippen molar-refractivity contribution in [2.45, 2.75) is 120 Å². The SMILES string of the molecule is CCCCCCCCC=CCCCCCCCCOC(COC(c1ccccc1)(c1ccccc1)c1ccccc1)COS(=O)(=O)c1ccc(C)cc1. The summed E-state index contributed by atoms with van der Waals surface area (Å²) in [6.07, 6.45) is 21.4. The van der Waals surface area contributed by atoms with Crippen molar-refractivity contribution in [3.8, 4) is 0 Å². The van der Waals surface area contributed by atoms with Crippen molar-refractivity contribution in [3.63, 3.8) is 0 Å². The molecule has 53 heavy (non-hydrogen) atoms. The molecule has 0 aliphatic heterocycles. The van der Waals surface area contributed by atoms with E-state index in [1.54, 1.807) is 24.3 Å². The number of unbranched alkanes of at least 4 members (excludes halogenated alkanes) is 12. The van der Waals surface area contributed by atoms with Gasteiger partial charge in [0.15, 0.2) is 0 Å². The van der Waals surface area contributed by atoms with Gasteiger partial charge in [-0.1, -0.05) is 186 Å². The van der Waals surface area contributed by atoms with Gasteiger partial charge in [0, 0.05) is 6.61 Å². The molecule has 0 saturated heterocycles. The Morgan fingerprint density at radius 2 is 1.02 bits per heavy atom. The molecular formula is C47H62O5S. The van der Waals surface area contributed by atoms with Crippen molar-refractivity contribution in [1.29, 1.82) is 0 Å². The highest BCUT2D eigenvalue weighted by atomic mass is 32.2. The summed E-state index contributed by atoms with van der Waals surface area (Å²) < 4.78 is 45.5. The van der Waals surface area contributed by atoms with E-state index in [1.807, 2.05) is 61.5 Å². The van der Waals surface area contributed by atoms with E-state index >= 15 is 0 Å². The molecule has 1 atom stereocenters. The Labute approximate surface area is 320 Å². The quantitative estimate of drug-likeness (QED) is 0.0264. The molecule has 0 amide bonds. The summed E-state index contributed by atoms with van der Waals surface area (Å²) in [7, 11) is -3.98. The van der Waals surface area contributed by atoms with Gasteiger partial charge >= 0.3 is 0 Å². The fraction of sp³-hybridized carbons (Fsp3) is 0.447. The molecule has 0 aromatic heterocycles. The van der Waals surface area contributed by atoms with Crippen LogP contribution in [0.15, 0.2) is 132 Å². The molecule has 0 radical (unpaired) electrons. The van der Waals surface area contributed by atoms with Crippen molar-refractivity contribution in [2.24, 2.45) is 0 Å². The Balaban J connectivity index is 1.35. The van der Waals surface area contributed by atoms with E-state index in [2.05, 4.69) is 55.5 Å². The van der Waals surface area contributed by atoms with Crippen LogP contribution < -0.4 is 0 Å². The van der Waals surface area contributed by atoms with Crippen LogP contribution in [0.3, 0.4) is 0 Å². The zero-order valence-corrected chi connectivity index (χ0v) is 33.0. The Kier molecular flexibility index (Phi) is 19.1. The van der Waals surface area contributed by atoms with E-state index in [1.165, 1.54) is 70.6 Å². The lowest BCUT2D eigenvalue weighted by atomic mass is 9.80. The zero-order chi connectivity index (χ0) is 37.5. The van der Waals surface area contributed by atoms with Crippen molar-refractivity contribution in [3.05, 3.63) is 150 Å². The lowest BCUT2D eigenvalue weighted by Gasteiger charge is -2.37. The van der Waals surface area contributed by atoms with Gasteiger partial charge < -0.3 is 9.47 Å². The summed E-state index contributed by atoms with van der Waals surface area (Å²) in [6.45, 7) is 4.65. The topological polar surface area (TPSA) is 61.8 Å². The molecule has 0 aliphatic rings. The summed E-state index contributed by atoms with van der Waals surface area (Å²) in [5, 5.41) is 0. The van der Waals surface area contributed by atoms with Crippen LogP contribution in [-0.2, 0) is 29.4 Å². The monoisotopic (exact) mass is 738 g/mol. The van der Waals surface area contributed by atoms with Gasteiger partial charge in [-0.15, -0.1) is 0 Å².